The highest BCUT2D eigenvalue weighted by molar-refractivity contribution is 7.09. The smallest absolute Gasteiger partial charge is 0.268 e. The Kier molecular flexibility index (Phi) is 3.74. The normalized spacial score (nSPS) is 13.6. The van der Waals surface area contributed by atoms with E-state index in [1.165, 1.54) is 22.7 Å². The fourth-order valence-electron chi connectivity index (χ4n) is 2.98. The summed E-state index contributed by atoms with van der Waals surface area (Å²) in [5, 5.41) is 0. The summed E-state index contributed by atoms with van der Waals surface area (Å²) in [6.45, 7) is 1.33. The molecular weight excluding hydrogens is 320 g/mol. The molecule has 0 radical (unpaired) electrons. The molecule has 0 bridgehead atoms. The maximum Gasteiger partial charge on any atom is 0.268 e. The monoisotopic (exact) mass is 336 g/mol. The molecule has 0 aliphatic carbocycles. The number of carbonyl (C=O) groups is 1. The molecule has 0 fully saturated rings. The van der Waals surface area contributed by atoms with E-state index in [4.69, 9.17) is 5.73 Å². The van der Waals surface area contributed by atoms with Crippen molar-refractivity contribution in [3.05, 3.63) is 64.8 Å². The first-order valence-electron chi connectivity index (χ1n) is 7.75. The minimum absolute atomic E-state index is 0.0418. The van der Waals surface area contributed by atoms with E-state index >= 15 is 0 Å². The molecule has 1 amide bonds. The molecule has 24 heavy (non-hydrogen) atoms. The number of nitrogen functional groups attached to an aromatic ring is 1. The van der Waals surface area contributed by atoms with Crippen LogP contribution in [0.5, 0.6) is 0 Å². The third-order valence-electron chi connectivity index (χ3n) is 4.29. The first kappa shape index (κ1) is 14.8. The maximum absolute atomic E-state index is 12.9. The van der Waals surface area contributed by atoms with Crippen LogP contribution in [0.15, 0.2) is 48.8 Å². The van der Waals surface area contributed by atoms with Gasteiger partial charge in [0.2, 0.25) is 0 Å². The largest absolute Gasteiger partial charge is 0.396 e. The highest BCUT2D eigenvalue weighted by atomic mass is 32.1. The van der Waals surface area contributed by atoms with Crippen LogP contribution in [0.25, 0.3) is 11.3 Å². The second-order valence-electron chi connectivity index (χ2n) is 5.76. The molecule has 120 valence electrons. The van der Waals surface area contributed by atoms with Crippen LogP contribution in [0.4, 0.5) is 5.69 Å². The molecule has 0 saturated carbocycles. The number of rotatable bonds is 2. The molecule has 0 unspecified atom stereocenters. The molecule has 3 aromatic rings. The number of hydrogen-bond acceptors (Lipinski definition) is 5. The van der Waals surface area contributed by atoms with Crippen LogP contribution in [0.1, 0.15) is 20.8 Å². The lowest BCUT2D eigenvalue weighted by Crippen LogP contribution is -2.35. The first-order valence-corrected chi connectivity index (χ1v) is 8.53. The molecule has 0 spiro atoms. The average molecular weight is 336 g/mol. The molecule has 6 heteroatoms. The third kappa shape index (κ3) is 2.55. The number of nitrogens with two attached hydrogens (primary N) is 1. The molecule has 4 rings (SSSR count). The average Bonchev–Trinajstić information content (AvgIpc) is 3.03. The van der Waals surface area contributed by atoms with E-state index in [9.17, 15) is 4.79 Å². The molecule has 1 aliphatic rings. The van der Waals surface area contributed by atoms with Gasteiger partial charge in [-0.05, 0) is 41.2 Å². The summed E-state index contributed by atoms with van der Waals surface area (Å²) in [5.74, 6) is -0.0418. The lowest BCUT2D eigenvalue weighted by molar-refractivity contribution is 0.0740. The molecule has 1 aliphatic heterocycles. The van der Waals surface area contributed by atoms with E-state index in [1.807, 2.05) is 29.2 Å². The van der Waals surface area contributed by atoms with Crippen molar-refractivity contribution in [2.75, 3.05) is 12.3 Å². The standard InChI is InChI=1S/C18H16N4OS/c19-15-16(13-5-8-20-9-6-13)21-24-17(15)18(23)22-10-7-12-3-1-2-4-14(12)11-22/h1-6,8-9H,7,10-11,19H2. The number of hydrogen-bond donors (Lipinski definition) is 1. The zero-order valence-corrected chi connectivity index (χ0v) is 13.8. The number of amides is 1. The van der Waals surface area contributed by atoms with Crippen molar-refractivity contribution in [2.24, 2.45) is 0 Å². The summed E-state index contributed by atoms with van der Waals surface area (Å²) in [6, 6.07) is 11.9. The molecule has 0 atom stereocenters. The number of nitrogens with zero attached hydrogens (tertiary/aromatic N) is 3. The minimum Gasteiger partial charge on any atom is -0.396 e. The molecule has 2 N–H and O–H groups in total. The van der Waals surface area contributed by atoms with Gasteiger partial charge in [-0.15, -0.1) is 0 Å². The van der Waals surface area contributed by atoms with Gasteiger partial charge in [0, 0.05) is 31.0 Å². The van der Waals surface area contributed by atoms with Crippen LogP contribution < -0.4 is 5.73 Å². The van der Waals surface area contributed by atoms with Gasteiger partial charge in [0.15, 0.2) is 0 Å². The Morgan fingerprint density at radius 3 is 2.67 bits per heavy atom. The van der Waals surface area contributed by atoms with Crippen molar-refractivity contribution in [1.29, 1.82) is 0 Å². The number of aromatic nitrogens is 2. The SMILES string of the molecule is Nc1c(-c2ccncc2)nsc1C(=O)N1CCc2ccccc2C1. The van der Waals surface area contributed by atoms with E-state index in [0.29, 0.717) is 29.3 Å². The van der Waals surface area contributed by atoms with E-state index in [-0.39, 0.29) is 5.91 Å². The van der Waals surface area contributed by atoms with Crippen molar-refractivity contribution in [1.82, 2.24) is 14.3 Å². The quantitative estimate of drug-likeness (QED) is 0.781. The van der Waals surface area contributed by atoms with Gasteiger partial charge in [0.25, 0.3) is 5.91 Å². The van der Waals surface area contributed by atoms with Gasteiger partial charge >= 0.3 is 0 Å². The number of benzene rings is 1. The van der Waals surface area contributed by atoms with Gasteiger partial charge in [-0.2, -0.15) is 4.37 Å². The zero-order valence-electron chi connectivity index (χ0n) is 13.0. The Labute approximate surface area is 143 Å². The van der Waals surface area contributed by atoms with Gasteiger partial charge in [-0.25, -0.2) is 0 Å². The Morgan fingerprint density at radius 1 is 1.12 bits per heavy atom. The van der Waals surface area contributed by atoms with Crippen molar-refractivity contribution in [3.8, 4) is 11.3 Å². The highest BCUT2D eigenvalue weighted by Gasteiger charge is 2.26. The Bertz CT molecular complexity index is 891. The lowest BCUT2D eigenvalue weighted by atomic mass is 10.00. The van der Waals surface area contributed by atoms with Gasteiger partial charge in [0.1, 0.15) is 10.6 Å². The predicted molar refractivity (Wildman–Crippen MR) is 94.6 cm³/mol. The van der Waals surface area contributed by atoms with Gasteiger partial charge in [-0.3, -0.25) is 9.78 Å². The van der Waals surface area contributed by atoms with Crippen molar-refractivity contribution < 1.29 is 4.79 Å². The summed E-state index contributed by atoms with van der Waals surface area (Å²) in [4.78, 5) is 19.2. The lowest BCUT2D eigenvalue weighted by Gasteiger charge is -2.28. The molecule has 1 aromatic carbocycles. The third-order valence-corrected chi connectivity index (χ3v) is 5.14. The fraction of sp³-hybridized carbons (Fsp3) is 0.167. The van der Waals surface area contributed by atoms with Crippen LogP contribution >= 0.6 is 11.5 Å². The van der Waals surface area contributed by atoms with E-state index in [0.717, 1.165) is 12.0 Å². The summed E-state index contributed by atoms with van der Waals surface area (Å²) in [5.41, 5.74) is 10.7. The number of anilines is 1. The first-order chi connectivity index (χ1) is 11.7. The maximum atomic E-state index is 12.9. The summed E-state index contributed by atoms with van der Waals surface area (Å²) >= 11 is 1.17. The topological polar surface area (TPSA) is 72.1 Å². The summed E-state index contributed by atoms with van der Waals surface area (Å²) < 4.78 is 4.39. The van der Waals surface area contributed by atoms with Gasteiger partial charge < -0.3 is 10.6 Å². The van der Waals surface area contributed by atoms with E-state index in [2.05, 4.69) is 21.5 Å². The van der Waals surface area contributed by atoms with Gasteiger partial charge in [-0.1, -0.05) is 24.3 Å². The molecule has 2 aromatic heterocycles. The van der Waals surface area contributed by atoms with Crippen LogP contribution in [0.3, 0.4) is 0 Å². The van der Waals surface area contributed by atoms with Crippen LogP contribution in [0, 0.1) is 0 Å². The predicted octanol–water partition coefficient (Wildman–Crippen LogP) is 2.99. The minimum atomic E-state index is -0.0418. The molecular formula is C18H16N4OS. The van der Waals surface area contributed by atoms with E-state index < -0.39 is 0 Å². The molecule has 0 saturated heterocycles. The Hall–Kier alpha value is -2.73. The molecule has 3 heterocycles. The van der Waals surface area contributed by atoms with Crippen LogP contribution in [0.2, 0.25) is 0 Å². The highest BCUT2D eigenvalue weighted by Crippen LogP contribution is 2.32. The molecule has 5 nitrogen and oxygen atoms in total. The van der Waals surface area contributed by atoms with Crippen molar-refractivity contribution in [2.45, 2.75) is 13.0 Å². The van der Waals surface area contributed by atoms with Crippen LogP contribution in [-0.4, -0.2) is 26.7 Å². The van der Waals surface area contributed by atoms with E-state index in [1.54, 1.807) is 12.4 Å². The second-order valence-corrected chi connectivity index (χ2v) is 6.53. The van der Waals surface area contributed by atoms with Crippen molar-refractivity contribution in [3.63, 3.8) is 0 Å². The van der Waals surface area contributed by atoms with Crippen molar-refractivity contribution >= 4 is 23.1 Å². The number of carbonyl (C=O) groups excluding carboxylic acids is 1. The summed E-state index contributed by atoms with van der Waals surface area (Å²) in [6.07, 6.45) is 4.26. The van der Waals surface area contributed by atoms with Gasteiger partial charge in [0.05, 0.1) is 5.69 Å². The van der Waals surface area contributed by atoms with Crippen LogP contribution in [-0.2, 0) is 13.0 Å². The number of fused-ring (bicyclic) bond motifs is 1. The zero-order chi connectivity index (χ0) is 16.5. The fourth-order valence-corrected chi connectivity index (χ4v) is 3.77. The summed E-state index contributed by atoms with van der Waals surface area (Å²) in [7, 11) is 0. The Morgan fingerprint density at radius 2 is 1.88 bits per heavy atom. The Balaban J connectivity index is 1.61. The second kappa shape index (κ2) is 6.05. The number of pyridine rings is 1.